The van der Waals surface area contributed by atoms with E-state index < -0.39 is 0 Å². The first-order valence-corrected chi connectivity index (χ1v) is 9.20. The normalized spacial score (nSPS) is 16.7. The number of rotatable bonds is 3. The maximum atomic E-state index is 13.3. The Hall–Kier alpha value is -2.54. The molecule has 0 aliphatic carbocycles. The summed E-state index contributed by atoms with van der Waals surface area (Å²) in [5.74, 6) is 0.0252. The summed E-state index contributed by atoms with van der Waals surface area (Å²) >= 11 is 1.50. The number of nitrogens with one attached hydrogen (secondary N) is 1. The molecule has 4 heterocycles. The van der Waals surface area contributed by atoms with Crippen molar-refractivity contribution in [3.63, 3.8) is 0 Å². The molecule has 1 aliphatic heterocycles. The highest BCUT2D eigenvalue weighted by atomic mass is 32.1. The second kappa shape index (κ2) is 6.40. The van der Waals surface area contributed by atoms with Crippen LogP contribution >= 0.6 is 11.3 Å². The van der Waals surface area contributed by atoms with Crippen molar-refractivity contribution in [1.29, 1.82) is 0 Å². The molecule has 3 aromatic rings. The molecule has 0 fully saturated rings. The van der Waals surface area contributed by atoms with E-state index in [4.69, 9.17) is 0 Å². The number of aryl methyl sites for hydroxylation is 2. The molecule has 6 nitrogen and oxygen atoms in total. The van der Waals surface area contributed by atoms with Gasteiger partial charge in [0.1, 0.15) is 10.9 Å². The van der Waals surface area contributed by atoms with Gasteiger partial charge in [-0.25, -0.2) is 9.97 Å². The second-order valence-electron chi connectivity index (χ2n) is 6.08. The van der Waals surface area contributed by atoms with Gasteiger partial charge in [-0.3, -0.25) is 9.78 Å². The van der Waals surface area contributed by atoms with E-state index in [1.165, 1.54) is 11.3 Å². The van der Waals surface area contributed by atoms with E-state index in [0.29, 0.717) is 6.54 Å². The summed E-state index contributed by atoms with van der Waals surface area (Å²) in [6.45, 7) is 4.61. The van der Waals surface area contributed by atoms with Crippen molar-refractivity contribution in [2.75, 3.05) is 6.54 Å². The van der Waals surface area contributed by atoms with Crippen LogP contribution in [0.2, 0.25) is 0 Å². The van der Waals surface area contributed by atoms with Gasteiger partial charge in [-0.05, 0) is 25.0 Å². The van der Waals surface area contributed by atoms with Crippen molar-refractivity contribution >= 4 is 17.2 Å². The van der Waals surface area contributed by atoms with Crippen LogP contribution in [0, 0.1) is 6.92 Å². The molecular weight excluding hydrogens is 334 g/mol. The van der Waals surface area contributed by atoms with Crippen molar-refractivity contribution in [1.82, 2.24) is 24.8 Å². The standard InChI is InChI=1S/C18H19N5OS/c1-3-14-22-11(2)17(25-14)18(24)23-8-6-13-15(21-10-20-13)16(23)12-5-4-7-19-9-12/h4-5,7,9-10,16H,3,6,8H2,1-2H3,(H,20,21)/t16-/m1/s1. The first-order chi connectivity index (χ1) is 12.2. The van der Waals surface area contributed by atoms with Gasteiger partial charge >= 0.3 is 0 Å². The molecule has 1 aliphatic rings. The van der Waals surface area contributed by atoms with Crippen LogP contribution in [-0.4, -0.2) is 37.3 Å². The molecule has 0 saturated heterocycles. The van der Waals surface area contributed by atoms with Gasteiger partial charge in [-0.15, -0.1) is 11.3 Å². The summed E-state index contributed by atoms with van der Waals surface area (Å²) in [7, 11) is 0. The summed E-state index contributed by atoms with van der Waals surface area (Å²) < 4.78 is 0. The van der Waals surface area contributed by atoms with Gasteiger partial charge in [0.25, 0.3) is 5.91 Å². The quantitative estimate of drug-likeness (QED) is 0.786. The fourth-order valence-electron chi connectivity index (χ4n) is 3.30. The van der Waals surface area contributed by atoms with Gasteiger partial charge in [-0.2, -0.15) is 0 Å². The number of H-pyrrole nitrogens is 1. The molecule has 0 spiro atoms. The van der Waals surface area contributed by atoms with E-state index in [9.17, 15) is 4.79 Å². The van der Waals surface area contributed by atoms with Crippen molar-refractivity contribution in [2.24, 2.45) is 0 Å². The largest absolute Gasteiger partial charge is 0.348 e. The highest BCUT2D eigenvalue weighted by molar-refractivity contribution is 7.13. The predicted octanol–water partition coefficient (Wildman–Crippen LogP) is 2.92. The number of hydrogen-bond donors (Lipinski definition) is 1. The van der Waals surface area contributed by atoms with Gasteiger partial charge in [0.2, 0.25) is 0 Å². The number of fused-ring (bicyclic) bond motifs is 1. The lowest BCUT2D eigenvalue weighted by Gasteiger charge is -2.34. The maximum Gasteiger partial charge on any atom is 0.266 e. The minimum absolute atomic E-state index is 0.0252. The van der Waals surface area contributed by atoms with Gasteiger partial charge in [-0.1, -0.05) is 13.0 Å². The first-order valence-electron chi connectivity index (χ1n) is 8.38. The van der Waals surface area contributed by atoms with Crippen molar-refractivity contribution in [2.45, 2.75) is 32.7 Å². The van der Waals surface area contributed by atoms with Gasteiger partial charge in [0.05, 0.1) is 22.7 Å². The van der Waals surface area contributed by atoms with E-state index in [1.807, 2.05) is 30.2 Å². The smallest absolute Gasteiger partial charge is 0.266 e. The van der Waals surface area contributed by atoms with Crippen LogP contribution in [0.1, 0.15) is 50.3 Å². The average Bonchev–Trinajstić information content (AvgIpc) is 3.27. The fourth-order valence-corrected chi connectivity index (χ4v) is 4.26. The van der Waals surface area contributed by atoms with E-state index in [-0.39, 0.29) is 11.9 Å². The molecule has 1 amide bonds. The molecule has 1 N–H and O–H groups in total. The summed E-state index contributed by atoms with van der Waals surface area (Å²) in [5, 5.41) is 0.997. The Bertz CT molecular complexity index is 901. The zero-order valence-corrected chi connectivity index (χ0v) is 15.0. The number of aromatic nitrogens is 4. The molecule has 128 valence electrons. The minimum Gasteiger partial charge on any atom is -0.348 e. The highest BCUT2D eigenvalue weighted by Gasteiger charge is 2.35. The third-order valence-corrected chi connectivity index (χ3v) is 5.81. The monoisotopic (exact) mass is 353 g/mol. The Morgan fingerprint density at radius 1 is 1.48 bits per heavy atom. The lowest BCUT2D eigenvalue weighted by Crippen LogP contribution is -2.40. The number of hydrogen-bond acceptors (Lipinski definition) is 5. The molecule has 0 bridgehead atoms. The number of carbonyl (C=O) groups excluding carboxylic acids is 1. The van der Waals surface area contributed by atoms with E-state index in [0.717, 1.165) is 45.4 Å². The molecule has 7 heteroatoms. The lowest BCUT2D eigenvalue weighted by molar-refractivity contribution is 0.0694. The zero-order chi connectivity index (χ0) is 17.4. The molecule has 1 atom stereocenters. The Labute approximate surface area is 150 Å². The second-order valence-corrected chi connectivity index (χ2v) is 7.16. The van der Waals surface area contributed by atoms with E-state index >= 15 is 0 Å². The number of carbonyl (C=O) groups is 1. The van der Waals surface area contributed by atoms with Gasteiger partial charge in [0.15, 0.2) is 0 Å². The van der Waals surface area contributed by atoms with Crippen molar-refractivity contribution < 1.29 is 4.79 Å². The third kappa shape index (κ3) is 2.74. The third-order valence-electron chi connectivity index (χ3n) is 4.52. The first kappa shape index (κ1) is 16.0. The zero-order valence-electron chi connectivity index (χ0n) is 14.2. The highest BCUT2D eigenvalue weighted by Crippen LogP contribution is 2.35. The van der Waals surface area contributed by atoms with Crippen LogP contribution in [0.5, 0.6) is 0 Å². The minimum atomic E-state index is -0.220. The van der Waals surface area contributed by atoms with Crippen molar-refractivity contribution in [3.8, 4) is 0 Å². The van der Waals surface area contributed by atoms with Crippen LogP contribution in [0.4, 0.5) is 0 Å². The molecule has 0 unspecified atom stereocenters. The number of imidazole rings is 1. The number of amides is 1. The molecule has 0 radical (unpaired) electrons. The molecule has 0 saturated carbocycles. The molecule has 0 aromatic carbocycles. The number of pyridine rings is 1. The topological polar surface area (TPSA) is 74.8 Å². The summed E-state index contributed by atoms with van der Waals surface area (Å²) in [6, 6.07) is 3.67. The number of aromatic amines is 1. The Balaban J connectivity index is 1.77. The van der Waals surface area contributed by atoms with Crippen LogP contribution in [-0.2, 0) is 12.8 Å². The summed E-state index contributed by atoms with van der Waals surface area (Å²) in [6.07, 6.45) is 6.87. The molecule has 4 rings (SSSR count). The fraction of sp³-hybridized carbons (Fsp3) is 0.333. The molecular formula is C18H19N5OS. The van der Waals surface area contributed by atoms with Crippen molar-refractivity contribution in [3.05, 3.63) is 63.4 Å². The van der Waals surface area contributed by atoms with E-state index in [1.54, 1.807) is 12.5 Å². The number of thiazole rings is 1. The number of nitrogens with zero attached hydrogens (tertiary/aromatic N) is 4. The van der Waals surface area contributed by atoms with Crippen LogP contribution in [0.15, 0.2) is 30.9 Å². The Morgan fingerprint density at radius 2 is 2.36 bits per heavy atom. The molecule has 3 aromatic heterocycles. The van der Waals surface area contributed by atoms with Gasteiger partial charge in [0, 0.05) is 31.1 Å². The van der Waals surface area contributed by atoms with Gasteiger partial charge < -0.3 is 9.88 Å². The molecule has 25 heavy (non-hydrogen) atoms. The van der Waals surface area contributed by atoms with Crippen LogP contribution < -0.4 is 0 Å². The Morgan fingerprint density at radius 3 is 3.08 bits per heavy atom. The van der Waals surface area contributed by atoms with Crippen LogP contribution in [0.3, 0.4) is 0 Å². The van der Waals surface area contributed by atoms with Crippen LogP contribution in [0.25, 0.3) is 0 Å². The lowest BCUT2D eigenvalue weighted by atomic mass is 9.96. The summed E-state index contributed by atoms with van der Waals surface area (Å²) in [4.78, 5) is 32.4. The van der Waals surface area contributed by atoms with E-state index in [2.05, 4.69) is 26.9 Å². The maximum absolute atomic E-state index is 13.3. The Kier molecular flexibility index (Phi) is 4.09. The summed E-state index contributed by atoms with van der Waals surface area (Å²) in [5.41, 5.74) is 3.78. The SMILES string of the molecule is CCc1nc(C)c(C(=O)N2CCc3[nH]cnc3[C@H]2c2cccnc2)s1. The average molecular weight is 353 g/mol. The predicted molar refractivity (Wildman–Crippen MR) is 95.6 cm³/mol.